The van der Waals surface area contributed by atoms with Crippen molar-refractivity contribution in [2.45, 2.75) is 11.4 Å². The van der Waals surface area contributed by atoms with Crippen LogP contribution in [0, 0.1) is 5.82 Å². The predicted molar refractivity (Wildman–Crippen MR) is 102 cm³/mol. The van der Waals surface area contributed by atoms with E-state index in [9.17, 15) is 22.7 Å². The van der Waals surface area contributed by atoms with E-state index in [4.69, 9.17) is 4.74 Å². The minimum Gasteiger partial charge on any atom is -0.497 e. The Labute approximate surface area is 161 Å². The first-order valence-corrected chi connectivity index (χ1v) is 9.86. The molecule has 0 saturated heterocycles. The zero-order chi connectivity index (χ0) is 20.3. The number of sulfonamides is 1. The molecule has 0 spiro atoms. The second kappa shape index (κ2) is 8.09. The number of ether oxygens (including phenoxy) is 1. The van der Waals surface area contributed by atoms with Crippen LogP contribution in [0.25, 0.3) is 10.9 Å². The average Bonchev–Trinajstić information content (AvgIpc) is 2.68. The van der Waals surface area contributed by atoms with Crippen LogP contribution in [-0.4, -0.2) is 43.1 Å². The molecular weight excluding hydrogens is 387 g/mol. The van der Waals surface area contributed by atoms with Gasteiger partial charge in [0, 0.05) is 29.6 Å². The Morgan fingerprint density at radius 1 is 1.18 bits per heavy atom. The molecule has 0 aliphatic carbocycles. The number of H-pyrrole nitrogens is 1. The van der Waals surface area contributed by atoms with Crippen molar-refractivity contribution < 1.29 is 22.7 Å². The first kappa shape index (κ1) is 20.0. The fourth-order valence-electron chi connectivity index (χ4n) is 2.85. The summed E-state index contributed by atoms with van der Waals surface area (Å²) in [6.07, 6.45) is 0. The van der Waals surface area contributed by atoms with E-state index >= 15 is 0 Å². The van der Waals surface area contributed by atoms with Crippen molar-refractivity contribution >= 4 is 20.9 Å². The maximum Gasteiger partial charge on any atom is 0.252 e. The Morgan fingerprint density at radius 2 is 1.93 bits per heavy atom. The summed E-state index contributed by atoms with van der Waals surface area (Å²) in [6, 6.07) is 11.6. The molecule has 1 heterocycles. The molecule has 0 fully saturated rings. The summed E-state index contributed by atoms with van der Waals surface area (Å²) in [7, 11) is -2.74. The smallest absolute Gasteiger partial charge is 0.252 e. The molecular formula is C19H19FN2O5S. The minimum absolute atomic E-state index is 0.161. The van der Waals surface area contributed by atoms with Gasteiger partial charge in [-0.05, 0) is 36.4 Å². The number of nitrogens with zero attached hydrogens (tertiary/aromatic N) is 1. The number of aliphatic hydroxyl groups excluding tert-OH is 1. The number of hydrogen-bond donors (Lipinski definition) is 2. The molecule has 0 saturated carbocycles. The maximum atomic E-state index is 14.0. The monoisotopic (exact) mass is 406 g/mol. The third-order valence-electron chi connectivity index (χ3n) is 4.28. The maximum absolute atomic E-state index is 14.0. The lowest BCUT2D eigenvalue weighted by Crippen LogP contribution is -2.35. The van der Waals surface area contributed by atoms with Gasteiger partial charge >= 0.3 is 0 Å². The third-order valence-corrected chi connectivity index (χ3v) is 6.16. The van der Waals surface area contributed by atoms with Gasteiger partial charge in [0.25, 0.3) is 5.56 Å². The summed E-state index contributed by atoms with van der Waals surface area (Å²) in [5.74, 6) is -0.320. The highest BCUT2D eigenvalue weighted by Gasteiger charge is 2.27. The van der Waals surface area contributed by atoms with Crippen molar-refractivity contribution in [3.05, 3.63) is 70.3 Å². The molecule has 28 heavy (non-hydrogen) atoms. The van der Waals surface area contributed by atoms with E-state index in [2.05, 4.69) is 4.98 Å². The summed E-state index contributed by atoms with van der Waals surface area (Å²) >= 11 is 0. The molecule has 0 aliphatic heterocycles. The van der Waals surface area contributed by atoms with Crippen LogP contribution in [0.3, 0.4) is 0 Å². The molecule has 0 bridgehead atoms. The fourth-order valence-corrected chi connectivity index (χ4v) is 4.33. The number of rotatable bonds is 7. The van der Waals surface area contributed by atoms with Gasteiger partial charge in [0.15, 0.2) is 0 Å². The van der Waals surface area contributed by atoms with Gasteiger partial charge < -0.3 is 14.8 Å². The number of aliphatic hydroxyl groups is 1. The van der Waals surface area contributed by atoms with Crippen LogP contribution < -0.4 is 10.3 Å². The van der Waals surface area contributed by atoms with Crippen molar-refractivity contribution in [3.8, 4) is 5.75 Å². The fraction of sp³-hybridized carbons (Fsp3) is 0.211. The van der Waals surface area contributed by atoms with E-state index in [1.54, 1.807) is 24.3 Å². The molecule has 0 unspecified atom stereocenters. The molecule has 0 atom stereocenters. The third kappa shape index (κ3) is 3.91. The number of aromatic amines is 1. The SMILES string of the molecule is COc1ccc2[nH]c(=O)c(CN(CCO)S(=O)(=O)c3ccccc3F)cc2c1. The lowest BCUT2D eigenvalue weighted by molar-refractivity contribution is 0.250. The Hall–Kier alpha value is -2.75. The normalized spacial score (nSPS) is 11.9. The highest BCUT2D eigenvalue weighted by molar-refractivity contribution is 7.89. The van der Waals surface area contributed by atoms with Crippen LogP contribution >= 0.6 is 0 Å². The van der Waals surface area contributed by atoms with Gasteiger partial charge in [-0.1, -0.05) is 12.1 Å². The van der Waals surface area contributed by atoms with Gasteiger partial charge in [0.1, 0.15) is 16.5 Å². The second-order valence-corrected chi connectivity index (χ2v) is 7.98. The van der Waals surface area contributed by atoms with E-state index in [1.165, 1.54) is 19.2 Å². The molecule has 0 amide bonds. The molecule has 3 rings (SSSR count). The van der Waals surface area contributed by atoms with Gasteiger partial charge in [0.2, 0.25) is 10.0 Å². The van der Waals surface area contributed by atoms with Crippen molar-refractivity contribution in [1.29, 1.82) is 0 Å². The topological polar surface area (TPSA) is 99.7 Å². The standard InChI is InChI=1S/C19H19FN2O5S/c1-27-15-6-7-17-13(11-15)10-14(19(24)21-17)12-22(8-9-23)28(25,26)18-5-3-2-4-16(18)20/h2-7,10-11,23H,8-9,12H2,1H3,(H,21,24). The van der Waals surface area contributed by atoms with Gasteiger partial charge in [-0.3, -0.25) is 4.79 Å². The van der Waals surface area contributed by atoms with Gasteiger partial charge in [-0.2, -0.15) is 4.31 Å². The summed E-state index contributed by atoms with van der Waals surface area (Å²) in [4.78, 5) is 14.6. The van der Waals surface area contributed by atoms with E-state index in [0.29, 0.717) is 16.7 Å². The Balaban J connectivity index is 2.04. The van der Waals surface area contributed by atoms with Gasteiger partial charge in [-0.15, -0.1) is 0 Å². The lowest BCUT2D eigenvalue weighted by atomic mass is 10.1. The van der Waals surface area contributed by atoms with Crippen molar-refractivity contribution in [2.24, 2.45) is 0 Å². The molecule has 7 nitrogen and oxygen atoms in total. The van der Waals surface area contributed by atoms with Crippen LogP contribution in [0.5, 0.6) is 5.75 Å². The van der Waals surface area contributed by atoms with Crippen LogP contribution in [0.4, 0.5) is 4.39 Å². The zero-order valence-electron chi connectivity index (χ0n) is 15.1. The number of aromatic nitrogens is 1. The highest BCUT2D eigenvalue weighted by atomic mass is 32.2. The van der Waals surface area contributed by atoms with Crippen LogP contribution in [0.15, 0.2) is 58.2 Å². The summed E-state index contributed by atoms with van der Waals surface area (Å²) in [5, 5.41) is 9.96. The number of fused-ring (bicyclic) bond motifs is 1. The number of methoxy groups -OCH3 is 1. The minimum atomic E-state index is -4.25. The van der Waals surface area contributed by atoms with Gasteiger partial charge in [0.05, 0.1) is 13.7 Å². The Kier molecular flexibility index (Phi) is 5.78. The van der Waals surface area contributed by atoms with E-state index in [0.717, 1.165) is 16.4 Å². The number of hydrogen-bond acceptors (Lipinski definition) is 5. The first-order chi connectivity index (χ1) is 13.4. The van der Waals surface area contributed by atoms with Crippen molar-refractivity contribution in [1.82, 2.24) is 9.29 Å². The van der Waals surface area contributed by atoms with Gasteiger partial charge in [-0.25, -0.2) is 12.8 Å². The summed E-state index contributed by atoms with van der Waals surface area (Å²) in [6.45, 7) is -1.08. The molecule has 148 valence electrons. The molecule has 9 heteroatoms. The molecule has 2 aromatic carbocycles. The number of pyridine rings is 1. The first-order valence-electron chi connectivity index (χ1n) is 8.42. The molecule has 0 aliphatic rings. The van der Waals surface area contributed by atoms with Crippen LogP contribution in [0.2, 0.25) is 0 Å². The van der Waals surface area contributed by atoms with Crippen molar-refractivity contribution in [2.75, 3.05) is 20.3 Å². The summed E-state index contributed by atoms with van der Waals surface area (Å²) < 4.78 is 45.8. The second-order valence-electron chi connectivity index (χ2n) is 6.07. The van der Waals surface area contributed by atoms with Crippen LogP contribution in [-0.2, 0) is 16.6 Å². The predicted octanol–water partition coefficient (Wildman–Crippen LogP) is 1.86. The average molecular weight is 406 g/mol. The van der Waals surface area contributed by atoms with E-state index in [1.807, 2.05) is 0 Å². The zero-order valence-corrected chi connectivity index (χ0v) is 15.9. The number of nitrogens with one attached hydrogen (secondary N) is 1. The summed E-state index contributed by atoms with van der Waals surface area (Å²) in [5.41, 5.74) is 0.263. The molecule has 3 aromatic rings. The molecule has 0 radical (unpaired) electrons. The lowest BCUT2D eigenvalue weighted by Gasteiger charge is -2.21. The highest BCUT2D eigenvalue weighted by Crippen LogP contribution is 2.22. The van der Waals surface area contributed by atoms with E-state index < -0.39 is 32.9 Å². The Bertz CT molecular complexity index is 1160. The largest absolute Gasteiger partial charge is 0.497 e. The quantitative estimate of drug-likeness (QED) is 0.624. The molecule has 2 N–H and O–H groups in total. The molecule has 1 aromatic heterocycles. The van der Waals surface area contributed by atoms with Crippen LogP contribution in [0.1, 0.15) is 5.56 Å². The number of halogens is 1. The Morgan fingerprint density at radius 3 is 2.61 bits per heavy atom. The van der Waals surface area contributed by atoms with Crippen molar-refractivity contribution in [3.63, 3.8) is 0 Å². The number of benzene rings is 2. The van der Waals surface area contributed by atoms with E-state index in [-0.39, 0.29) is 18.7 Å².